The average Bonchev–Trinajstić information content (AvgIpc) is 2.49. The second-order valence-electron chi connectivity index (χ2n) is 5.30. The quantitative estimate of drug-likeness (QED) is 0.299. The van der Waals surface area contributed by atoms with Gasteiger partial charge in [-0.3, -0.25) is 4.99 Å². The highest BCUT2D eigenvalue weighted by Gasteiger charge is 1.96. The SMILES string of the molecule is Cc1ccc(CSCCN=C(N)Nc2cccc(C)c2)cc1.I. The molecule has 0 aliphatic heterocycles. The third-order valence-corrected chi connectivity index (χ3v) is 4.21. The Hall–Kier alpha value is -1.21. The van der Waals surface area contributed by atoms with Gasteiger partial charge in [-0.15, -0.1) is 24.0 Å². The first-order valence-corrected chi connectivity index (χ1v) is 8.56. The molecular formula is C18H24IN3S. The van der Waals surface area contributed by atoms with Crippen LogP contribution in [0.25, 0.3) is 0 Å². The van der Waals surface area contributed by atoms with Crippen LogP contribution in [0, 0.1) is 13.8 Å². The zero-order valence-electron chi connectivity index (χ0n) is 13.6. The molecule has 0 spiro atoms. The molecule has 2 aromatic carbocycles. The fourth-order valence-electron chi connectivity index (χ4n) is 2.02. The smallest absolute Gasteiger partial charge is 0.193 e. The molecule has 0 fully saturated rings. The lowest BCUT2D eigenvalue weighted by Gasteiger charge is -2.06. The first-order valence-electron chi connectivity index (χ1n) is 7.40. The van der Waals surface area contributed by atoms with Crippen LogP contribution in [0.1, 0.15) is 16.7 Å². The molecule has 0 aliphatic rings. The summed E-state index contributed by atoms with van der Waals surface area (Å²) in [5.41, 5.74) is 10.7. The van der Waals surface area contributed by atoms with E-state index in [2.05, 4.69) is 60.6 Å². The van der Waals surface area contributed by atoms with Gasteiger partial charge in [0.1, 0.15) is 0 Å². The van der Waals surface area contributed by atoms with Crippen molar-refractivity contribution in [1.82, 2.24) is 0 Å². The van der Waals surface area contributed by atoms with Crippen molar-refractivity contribution in [3.05, 3.63) is 65.2 Å². The van der Waals surface area contributed by atoms with Crippen LogP contribution in [0.5, 0.6) is 0 Å². The van der Waals surface area contributed by atoms with Gasteiger partial charge in [0.05, 0.1) is 6.54 Å². The van der Waals surface area contributed by atoms with Gasteiger partial charge in [-0.05, 0) is 37.1 Å². The minimum atomic E-state index is 0. The van der Waals surface area contributed by atoms with E-state index in [-0.39, 0.29) is 24.0 Å². The van der Waals surface area contributed by atoms with Gasteiger partial charge < -0.3 is 11.1 Å². The normalized spacial score (nSPS) is 11.0. The van der Waals surface area contributed by atoms with E-state index >= 15 is 0 Å². The number of anilines is 1. The maximum Gasteiger partial charge on any atom is 0.193 e. The van der Waals surface area contributed by atoms with Gasteiger partial charge in [0.25, 0.3) is 0 Å². The van der Waals surface area contributed by atoms with Gasteiger partial charge >= 0.3 is 0 Å². The Balaban J connectivity index is 0.00000264. The molecule has 0 saturated carbocycles. The summed E-state index contributed by atoms with van der Waals surface area (Å²) in [6.07, 6.45) is 0. The van der Waals surface area contributed by atoms with Gasteiger partial charge in [-0.1, -0.05) is 42.0 Å². The Labute approximate surface area is 160 Å². The van der Waals surface area contributed by atoms with Crippen LogP contribution in [-0.4, -0.2) is 18.3 Å². The predicted octanol–water partition coefficient (Wildman–Crippen LogP) is 4.58. The number of hydrogen-bond acceptors (Lipinski definition) is 2. The number of hydrogen-bond donors (Lipinski definition) is 2. The number of halogens is 1. The molecule has 0 aromatic heterocycles. The third-order valence-electron chi connectivity index (χ3n) is 3.20. The average molecular weight is 441 g/mol. The summed E-state index contributed by atoms with van der Waals surface area (Å²) in [6, 6.07) is 16.8. The number of thioether (sulfide) groups is 1. The number of guanidine groups is 1. The number of rotatable bonds is 6. The van der Waals surface area contributed by atoms with E-state index in [0.717, 1.165) is 23.7 Å². The van der Waals surface area contributed by atoms with Crippen molar-refractivity contribution in [3.8, 4) is 0 Å². The van der Waals surface area contributed by atoms with Crippen LogP contribution in [0.2, 0.25) is 0 Å². The third kappa shape index (κ3) is 7.74. The molecule has 2 rings (SSSR count). The van der Waals surface area contributed by atoms with Crippen molar-refractivity contribution in [2.24, 2.45) is 10.7 Å². The van der Waals surface area contributed by atoms with Crippen LogP contribution >= 0.6 is 35.7 Å². The Morgan fingerprint density at radius 2 is 1.83 bits per heavy atom. The lowest BCUT2D eigenvalue weighted by Crippen LogP contribution is -2.23. The predicted molar refractivity (Wildman–Crippen MR) is 114 cm³/mol. The lowest BCUT2D eigenvalue weighted by atomic mass is 10.2. The Morgan fingerprint density at radius 1 is 1.09 bits per heavy atom. The van der Waals surface area contributed by atoms with Gasteiger partial charge in [0, 0.05) is 17.2 Å². The van der Waals surface area contributed by atoms with Gasteiger partial charge in [-0.25, -0.2) is 0 Å². The number of nitrogens with two attached hydrogens (primary N) is 1. The largest absolute Gasteiger partial charge is 0.370 e. The van der Waals surface area contributed by atoms with Crippen molar-refractivity contribution in [2.75, 3.05) is 17.6 Å². The summed E-state index contributed by atoms with van der Waals surface area (Å²) in [5, 5.41) is 3.12. The zero-order chi connectivity index (χ0) is 15.8. The standard InChI is InChI=1S/C18H23N3S.HI/c1-14-6-8-16(9-7-14)13-22-11-10-20-18(19)21-17-5-3-4-15(2)12-17;/h3-9,12H,10-11,13H2,1-2H3,(H3,19,20,21);1H. The molecule has 23 heavy (non-hydrogen) atoms. The summed E-state index contributed by atoms with van der Waals surface area (Å²) in [6.45, 7) is 4.89. The Kier molecular flexibility index (Phi) is 9.09. The molecule has 0 radical (unpaired) electrons. The summed E-state index contributed by atoms with van der Waals surface area (Å²) in [4.78, 5) is 4.36. The van der Waals surface area contributed by atoms with Crippen molar-refractivity contribution < 1.29 is 0 Å². The number of nitrogens with one attached hydrogen (secondary N) is 1. The van der Waals surface area contributed by atoms with Crippen molar-refractivity contribution >= 4 is 47.4 Å². The van der Waals surface area contributed by atoms with E-state index in [1.54, 1.807) is 0 Å². The van der Waals surface area contributed by atoms with Crippen LogP contribution in [0.15, 0.2) is 53.5 Å². The molecule has 0 amide bonds. The molecule has 0 saturated heterocycles. The van der Waals surface area contributed by atoms with Gasteiger partial charge in [-0.2, -0.15) is 11.8 Å². The Bertz CT molecular complexity index is 626. The van der Waals surface area contributed by atoms with Crippen molar-refractivity contribution in [3.63, 3.8) is 0 Å². The molecule has 124 valence electrons. The van der Waals surface area contributed by atoms with Crippen LogP contribution in [-0.2, 0) is 5.75 Å². The zero-order valence-corrected chi connectivity index (χ0v) is 16.7. The number of benzene rings is 2. The lowest BCUT2D eigenvalue weighted by molar-refractivity contribution is 1.13. The van der Waals surface area contributed by atoms with Crippen LogP contribution < -0.4 is 11.1 Å². The summed E-state index contributed by atoms with van der Waals surface area (Å²) in [7, 11) is 0. The number of aliphatic imine (C=N–C) groups is 1. The minimum Gasteiger partial charge on any atom is -0.370 e. The first kappa shape index (κ1) is 19.8. The van der Waals surface area contributed by atoms with Crippen LogP contribution in [0.3, 0.4) is 0 Å². The van der Waals surface area contributed by atoms with E-state index in [1.807, 2.05) is 23.9 Å². The molecule has 3 N–H and O–H groups in total. The van der Waals surface area contributed by atoms with Gasteiger partial charge in [0.2, 0.25) is 0 Å². The first-order chi connectivity index (χ1) is 10.6. The molecule has 0 atom stereocenters. The monoisotopic (exact) mass is 441 g/mol. The van der Waals surface area contributed by atoms with E-state index in [0.29, 0.717) is 5.96 Å². The van der Waals surface area contributed by atoms with Crippen molar-refractivity contribution in [2.45, 2.75) is 19.6 Å². The highest BCUT2D eigenvalue weighted by Crippen LogP contribution is 2.13. The van der Waals surface area contributed by atoms with Crippen molar-refractivity contribution in [1.29, 1.82) is 0 Å². The topological polar surface area (TPSA) is 50.4 Å². The van der Waals surface area contributed by atoms with Crippen LogP contribution in [0.4, 0.5) is 5.69 Å². The summed E-state index contributed by atoms with van der Waals surface area (Å²) in [5.74, 6) is 2.45. The fraction of sp³-hybridized carbons (Fsp3) is 0.278. The minimum absolute atomic E-state index is 0. The van der Waals surface area contributed by atoms with Gasteiger partial charge in [0.15, 0.2) is 5.96 Å². The Morgan fingerprint density at radius 3 is 2.52 bits per heavy atom. The molecule has 0 bridgehead atoms. The number of nitrogens with zero attached hydrogens (tertiary/aromatic N) is 1. The second kappa shape index (κ2) is 10.5. The maximum atomic E-state index is 5.90. The van der Waals surface area contributed by atoms with E-state index < -0.39 is 0 Å². The summed E-state index contributed by atoms with van der Waals surface area (Å²) < 4.78 is 0. The molecule has 0 unspecified atom stereocenters. The van der Waals surface area contributed by atoms with E-state index in [9.17, 15) is 0 Å². The second-order valence-corrected chi connectivity index (χ2v) is 6.40. The number of aryl methyl sites for hydroxylation is 2. The highest BCUT2D eigenvalue weighted by atomic mass is 127. The molecule has 0 aliphatic carbocycles. The van der Waals surface area contributed by atoms with E-state index in [4.69, 9.17) is 5.73 Å². The fourth-order valence-corrected chi connectivity index (χ4v) is 2.81. The highest BCUT2D eigenvalue weighted by molar-refractivity contribution is 14.0. The maximum absolute atomic E-state index is 5.90. The molecule has 5 heteroatoms. The van der Waals surface area contributed by atoms with E-state index in [1.165, 1.54) is 16.7 Å². The summed E-state index contributed by atoms with van der Waals surface area (Å²) >= 11 is 1.87. The molecule has 2 aromatic rings. The molecule has 0 heterocycles. The molecule has 3 nitrogen and oxygen atoms in total. The molecular weight excluding hydrogens is 417 g/mol.